The molecule has 1 N–H and O–H groups in total. The standard InChI is InChI=1S/C22H24F3NO2/c1-3-28-19-11-10-17(14-18(19)22(23,24)25)26-20(27)21(12-4-5-13-21)16-8-6-15(2)7-9-16/h6-11,14H,3-5,12-13H2,1-2H3,(H,26,27). The number of nitrogens with one attached hydrogen (secondary N) is 1. The van der Waals surface area contributed by atoms with E-state index in [0.717, 1.165) is 30.0 Å². The zero-order chi connectivity index (χ0) is 20.4. The van der Waals surface area contributed by atoms with E-state index in [-0.39, 0.29) is 24.0 Å². The number of carbonyl (C=O) groups excluding carboxylic acids is 1. The van der Waals surface area contributed by atoms with Crippen molar-refractivity contribution in [2.75, 3.05) is 11.9 Å². The minimum absolute atomic E-state index is 0.124. The molecule has 2 aromatic carbocycles. The number of hydrogen-bond donors (Lipinski definition) is 1. The normalized spacial score (nSPS) is 16.0. The molecule has 0 atom stereocenters. The summed E-state index contributed by atoms with van der Waals surface area (Å²) in [4.78, 5) is 13.2. The molecule has 0 aliphatic heterocycles. The van der Waals surface area contributed by atoms with Crippen molar-refractivity contribution < 1.29 is 22.7 Å². The SMILES string of the molecule is CCOc1ccc(NC(=O)C2(c3ccc(C)cc3)CCCC2)cc1C(F)(F)F. The third-order valence-electron chi connectivity index (χ3n) is 5.34. The molecule has 6 heteroatoms. The van der Waals surface area contributed by atoms with E-state index in [9.17, 15) is 18.0 Å². The van der Waals surface area contributed by atoms with Gasteiger partial charge in [0.25, 0.3) is 0 Å². The lowest BCUT2D eigenvalue weighted by Gasteiger charge is -2.28. The van der Waals surface area contributed by atoms with Gasteiger partial charge in [-0.25, -0.2) is 0 Å². The number of anilines is 1. The van der Waals surface area contributed by atoms with Gasteiger partial charge in [0.1, 0.15) is 5.75 Å². The minimum atomic E-state index is -4.56. The van der Waals surface area contributed by atoms with Crippen LogP contribution in [0.5, 0.6) is 5.75 Å². The van der Waals surface area contributed by atoms with Crippen molar-refractivity contribution in [3.63, 3.8) is 0 Å². The second-order valence-electron chi connectivity index (χ2n) is 7.25. The van der Waals surface area contributed by atoms with E-state index in [1.807, 2.05) is 31.2 Å². The van der Waals surface area contributed by atoms with Gasteiger partial charge in [0.05, 0.1) is 17.6 Å². The van der Waals surface area contributed by atoms with Crippen LogP contribution < -0.4 is 10.1 Å². The molecule has 1 amide bonds. The molecule has 1 saturated carbocycles. The van der Waals surface area contributed by atoms with Gasteiger partial charge in [0.2, 0.25) is 5.91 Å². The van der Waals surface area contributed by atoms with Crippen LogP contribution in [-0.4, -0.2) is 12.5 Å². The number of alkyl halides is 3. The van der Waals surface area contributed by atoms with Crippen LogP contribution in [0, 0.1) is 6.92 Å². The average Bonchev–Trinajstić information content (AvgIpc) is 3.14. The first-order valence-electron chi connectivity index (χ1n) is 9.49. The van der Waals surface area contributed by atoms with Crippen LogP contribution >= 0.6 is 0 Å². The molecule has 1 fully saturated rings. The van der Waals surface area contributed by atoms with Crippen molar-refractivity contribution in [1.29, 1.82) is 0 Å². The maximum Gasteiger partial charge on any atom is 0.420 e. The Kier molecular flexibility index (Phi) is 5.68. The fraction of sp³-hybridized carbons (Fsp3) is 0.409. The highest BCUT2D eigenvalue weighted by molar-refractivity contribution is 5.99. The Labute approximate surface area is 162 Å². The van der Waals surface area contributed by atoms with Gasteiger partial charge in [-0.15, -0.1) is 0 Å². The Hall–Kier alpha value is -2.50. The monoisotopic (exact) mass is 391 g/mol. The summed E-state index contributed by atoms with van der Waals surface area (Å²) in [6.07, 6.45) is -1.36. The summed E-state index contributed by atoms with van der Waals surface area (Å²) in [7, 11) is 0. The molecule has 1 aliphatic rings. The average molecular weight is 391 g/mol. The number of halogens is 3. The number of aryl methyl sites for hydroxylation is 1. The number of amides is 1. The van der Waals surface area contributed by atoms with Gasteiger partial charge in [-0.3, -0.25) is 4.79 Å². The number of rotatable bonds is 5. The molecule has 0 heterocycles. The highest BCUT2D eigenvalue weighted by Crippen LogP contribution is 2.43. The summed E-state index contributed by atoms with van der Waals surface area (Å²) in [5, 5.41) is 2.73. The Morgan fingerprint density at radius 1 is 1.11 bits per heavy atom. The summed E-state index contributed by atoms with van der Waals surface area (Å²) < 4.78 is 45.2. The summed E-state index contributed by atoms with van der Waals surface area (Å²) in [6.45, 7) is 3.73. The third kappa shape index (κ3) is 4.01. The predicted molar refractivity (Wildman–Crippen MR) is 103 cm³/mol. The topological polar surface area (TPSA) is 38.3 Å². The lowest BCUT2D eigenvalue weighted by Crippen LogP contribution is -2.38. The lowest BCUT2D eigenvalue weighted by atomic mass is 9.77. The van der Waals surface area contributed by atoms with E-state index in [4.69, 9.17) is 4.74 Å². The molecular formula is C22H24F3NO2. The highest BCUT2D eigenvalue weighted by Gasteiger charge is 2.43. The van der Waals surface area contributed by atoms with Gasteiger partial charge >= 0.3 is 6.18 Å². The summed E-state index contributed by atoms with van der Waals surface area (Å²) in [6, 6.07) is 11.5. The van der Waals surface area contributed by atoms with Crippen molar-refractivity contribution in [2.45, 2.75) is 51.1 Å². The van der Waals surface area contributed by atoms with Crippen molar-refractivity contribution in [2.24, 2.45) is 0 Å². The molecule has 2 aromatic rings. The summed E-state index contributed by atoms with van der Waals surface area (Å²) >= 11 is 0. The van der Waals surface area contributed by atoms with Crippen LogP contribution in [0.4, 0.5) is 18.9 Å². The summed E-state index contributed by atoms with van der Waals surface area (Å²) in [5.41, 5.74) is 0.542. The predicted octanol–water partition coefficient (Wildman–Crippen LogP) is 5.86. The molecule has 0 bridgehead atoms. The smallest absolute Gasteiger partial charge is 0.420 e. The van der Waals surface area contributed by atoms with E-state index < -0.39 is 17.2 Å². The number of ether oxygens (including phenoxy) is 1. The first-order chi connectivity index (χ1) is 13.3. The van der Waals surface area contributed by atoms with Gasteiger partial charge in [-0.2, -0.15) is 13.2 Å². The van der Waals surface area contributed by atoms with Crippen LogP contribution in [-0.2, 0) is 16.4 Å². The van der Waals surface area contributed by atoms with Crippen LogP contribution in [0.25, 0.3) is 0 Å². The van der Waals surface area contributed by atoms with E-state index in [2.05, 4.69) is 5.32 Å². The first kappa shape index (κ1) is 20.2. The van der Waals surface area contributed by atoms with Crippen LogP contribution in [0.2, 0.25) is 0 Å². The van der Waals surface area contributed by atoms with Gasteiger partial charge in [0, 0.05) is 5.69 Å². The van der Waals surface area contributed by atoms with Crippen LogP contribution in [0.1, 0.15) is 49.3 Å². The van der Waals surface area contributed by atoms with Gasteiger partial charge < -0.3 is 10.1 Å². The minimum Gasteiger partial charge on any atom is -0.493 e. The maximum atomic E-state index is 13.4. The van der Waals surface area contributed by atoms with Gasteiger partial charge in [-0.05, 0) is 50.5 Å². The molecule has 3 rings (SSSR count). The molecular weight excluding hydrogens is 367 g/mol. The second kappa shape index (κ2) is 7.86. The fourth-order valence-corrected chi connectivity index (χ4v) is 3.86. The molecule has 0 unspecified atom stereocenters. The Morgan fingerprint density at radius 2 is 1.75 bits per heavy atom. The summed E-state index contributed by atoms with van der Waals surface area (Å²) in [5.74, 6) is -0.492. The quantitative estimate of drug-likeness (QED) is 0.693. The van der Waals surface area contributed by atoms with Gasteiger partial charge in [0.15, 0.2) is 0 Å². The molecule has 0 radical (unpaired) electrons. The van der Waals surface area contributed by atoms with E-state index in [0.29, 0.717) is 12.8 Å². The Bertz CT molecular complexity index is 838. The molecule has 0 saturated heterocycles. The Morgan fingerprint density at radius 3 is 2.32 bits per heavy atom. The molecule has 28 heavy (non-hydrogen) atoms. The first-order valence-corrected chi connectivity index (χ1v) is 9.49. The number of hydrogen-bond acceptors (Lipinski definition) is 2. The van der Waals surface area contributed by atoms with Crippen molar-refractivity contribution in [3.05, 3.63) is 59.2 Å². The highest BCUT2D eigenvalue weighted by atomic mass is 19.4. The van der Waals surface area contributed by atoms with Crippen molar-refractivity contribution in [1.82, 2.24) is 0 Å². The maximum absolute atomic E-state index is 13.4. The lowest BCUT2D eigenvalue weighted by molar-refractivity contribution is -0.139. The molecule has 1 aliphatic carbocycles. The van der Waals surface area contributed by atoms with Crippen LogP contribution in [0.15, 0.2) is 42.5 Å². The largest absolute Gasteiger partial charge is 0.493 e. The van der Waals surface area contributed by atoms with Gasteiger partial charge in [-0.1, -0.05) is 42.7 Å². The molecule has 3 nitrogen and oxygen atoms in total. The van der Waals surface area contributed by atoms with E-state index >= 15 is 0 Å². The van der Waals surface area contributed by atoms with Crippen molar-refractivity contribution in [3.8, 4) is 5.75 Å². The molecule has 0 spiro atoms. The van der Waals surface area contributed by atoms with E-state index in [1.54, 1.807) is 6.92 Å². The fourth-order valence-electron chi connectivity index (χ4n) is 3.86. The third-order valence-corrected chi connectivity index (χ3v) is 5.34. The molecule has 150 valence electrons. The molecule has 0 aromatic heterocycles. The number of carbonyl (C=O) groups is 1. The van der Waals surface area contributed by atoms with Crippen molar-refractivity contribution >= 4 is 11.6 Å². The van der Waals surface area contributed by atoms with Crippen LogP contribution in [0.3, 0.4) is 0 Å². The number of benzene rings is 2. The second-order valence-corrected chi connectivity index (χ2v) is 7.25. The van der Waals surface area contributed by atoms with E-state index in [1.165, 1.54) is 12.1 Å². The Balaban J connectivity index is 1.91. The zero-order valence-corrected chi connectivity index (χ0v) is 16.0. The zero-order valence-electron chi connectivity index (χ0n) is 16.0.